The predicted octanol–water partition coefficient (Wildman–Crippen LogP) is 5.99. The molecule has 4 aliphatic carbocycles. The summed E-state index contributed by atoms with van der Waals surface area (Å²) in [7, 11) is 1.70. The maximum Gasteiger partial charge on any atom is 0.137 e. The predicted molar refractivity (Wildman–Crippen MR) is 161 cm³/mol. The highest BCUT2D eigenvalue weighted by atomic mass is 16.5. The van der Waals surface area contributed by atoms with E-state index in [1.807, 2.05) is 0 Å². The minimum Gasteiger partial charge on any atom is -0.382 e. The average molecular weight is 570 g/mol. The molecule has 0 aromatic rings. The number of methoxy groups -OCH3 is 1. The lowest BCUT2D eigenvalue weighted by Crippen LogP contribution is -2.52. The SMILES string of the molecule is COCCOCCOCCN1C[C@@H](C)C[C@H]2O[C@]3(CC[C@@H]4C(=C(C)C3)C[C@@H]3C5=C(CC[C@@H]43)CC(=O)C[C@H]5C)[C@H](C)[C@@H]21. The lowest BCUT2D eigenvalue weighted by atomic mass is 9.66. The molecule has 0 aromatic carbocycles. The molecule has 2 saturated heterocycles. The number of rotatable bonds is 9. The van der Waals surface area contributed by atoms with E-state index in [9.17, 15) is 4.79 Å². The van der Waals surface area contributed by atoms with E-state index in [0.29, 0.717) is 73.9 Å². The van der Waals surface area contributed by atoms with E-state index in [-0.39, 0.29) is 5.60 Å². The standard InChI is InChI=1S/C35H55NO5/c1-22-16-32-34(36(21-22)10-11-39-14-15-40-13-12-38-5)25(4)35(41-32)9-8-29-28-7-6-26-18-27(37)17-23(2)33(26)31(28)19-30(29)24(3)20-35/h22-23,25,28-29,31-32,34H,6-21H2,1-5H3/t22-,23+,25+,28-,29-,31-,32+,34-,35-/m0/s1. The van der Waals surface area contributed by atoms with Crippen LogP contribution < -0.4 is 0 Å². The van der Waals surface area contributed by atoms with Gasteiger partial charge in [-0.2, -0.15) is 0 Å². The lowest BCUT2D eigenvalue weighted by molar-refractivity contribution is -0.119. The number of ether oxygens (including phenoxy) is 4. The topological polar surface area (TPSA) is 57.2 Å². The molecule has 0 unspecified atom stereocenters. The number of likely N-dealkylation sites (tertiary alicyclic amines) is 1. The third-order valence-electron chi connectivity index (χ3n) is 12.0. The number of hydrogen-bond donors (Lipinski definition) is 0. The van der Waals surface area contributed by atoms with Crippen LogP contribution in [0.5, 0.6) is 0 Å². The normalized spacial score (nSPS) is 41.0. The van der Waals surface area contributed by atoms with Gasteiger partial charge in [0.25, 0.3) is 0 Å². The molecule has 0 amide bonds. The second kappa shape index (κ2) is 12.5. The van der Waals surface area contributed by atoms with Crippen LogP contribution in [0.25, 0.3) is 0 Å². The number of carbonyl (C=O) groups excluding carboxylic acids is 1. The molecule has 3 fully saturated rings. The summed E-state index contributed by atoms with van der Waals surface area (Å²) in [5.41, 5.74) is 6.59. The zero-order valence-corrected chi connectivity index (χ0v) is 26.4. The maximum atomic E-state index is 12.3. The van der Waals surface area contributed by atoms with E-state index in [4.69, 9.17) is 18.9 Å². The molecule has 6 nitrogen and oxygen atoms in total. The van der Waals surface area contributed by atoms with Crippen molar-refractivity contribution in [2.45, 2.75) is 103 Å². The number of hydrogen-bond acceptors (Lipinski definition) is 6. The van der Waals surface area contributed by atoms with E-state index >= 15 is 0 Å². The van der Waals surface area contributed by atoms with E-state index < -0.39 is 0 Å². The average Bonchev–Trinajstić information content (AvgIpc) is 3.38. The maximum absolute atomic E-state index is 12.3. The summed E-state index contributed by atoms with van der Waals surface area (Å²) < 4.78 is 23.8. The molecule has 0 bridgehead atoms. The van der Waals surface area contributed by atoms with E-state index in [1.54, 1.807) is 23.8 Å². The molecule has 0 N–H and O–H groups in total. The lowest BCUT2D eigenvalue weighted by Gasteiger charge is -2.42. The first-order valence-electron chi connectivity index (χ1n) is 16.8. The van der Waals surface area contributed by atoms with Gasteiger partial charge in [-0.05, 0) is 81.5 Å². The fourth-order valence-corrected chi connectivity index (χ4v) is 10.4. The van der Waals surface area contributed by atoms with Gasteiger partial charge in [-0.25, -0.2) is 0 Å². The Morgan fingerprint density at radius 3 is 2.59 bits per heavy atom. The molecule has 6 aliphatic rings. The van der Waals surface area contributed by atoms with Crippen molar-refractivity contribution >= 4 is 5.78 Å². The number of fused-ring (bicyclic) bond motifs is 5. The molecule has 6 heteroatoms. The summed E-state index contributed by atoms with van der Waals surface area (Å²) >= 11 is 0. The molecular weight excluding hydrogens is 514 g/mol. The molecule has 41 heavy (non-hydrogen) atoms. The minimum absolute atomic E-state index is 0.0335. The molecule has 9 atom stereocenters. The summed E-state index contributed by atoms with van der Waals surface area (Å²) in [4.78, 5) is 15.1. The fourth-order valence-electron chi connectivity index (χ4n) is 10.4. The van der Waals surface area contributed by atoms with Crippen LogP contribution in [0.4, 0.5) is 0 Å². The monoisotopic (exact) mass is 569 g/mol. The van der Waals surface area contributed by atoms with Crippen molar-refractivity contribution < 1.29 is 23.7 Å². The number of Topliss-reactive ketones (excluding diaryl/α,β-unsaturated/α-hetero) is 1. The van der Waals surface area contributed by atoms with Gasteiger partial charge in [0.15, 0.2) is 0 Å². The van der Waals surface area contributed by atoms with Gasteiger partial charge in [-0.15, -0.1) is 0 Å². The summed E-state index contributed by atoms with van der Waals surface area (Å²) in [6.07, 6.45) is 10.3. The molecule has 1 spiro atoms. The van der Waals surface area contributed by atoms with Crippen LogP contribution in [-0.2, 0) is 23.7 Å². The third-order valence-corrected chi connectivity index (χ3v) is 12.0. The van der Waals surface area contributed by atoms with Gasteiger partial charge in [0.05, 0.1) is 44.7 Å². The highest BCUT2D eigenvalue weighted by molar-refractivity contribution is 5.83. The van der Waals surface area contributed by atoms with Gasteiger partial charge >= 0.3 is 0 Å². The Kier molecular flexibility index (Phi) is 9.16. The molecule has 1 saturated carbocycles. The molecule has 230 valence electrons. The van der Waals surface area contributed by atoms with Crippen molar-refractivity contribution in [1.82, 2.24) is 4.90 Å². The first kappa shape index (κ1) is 30.0. The van der Waals surface area contributed by atoms with Crippen LogP contribution in [0, 0.1) is 35.5 Å². The van der Waals surface area contributed by atoms with Gasteiger partial charge in [0, 0.05) is 45.0 Å². The summed E-state index contributed by atoms with van der Waals surface area (Å²) in [6.45, 7) is 15.0. The Labute approximate surface area is 248 Å². The van der Waals surface area contributed by atoms with Gasteiger partial charge in [0.1, 0.15) is 5.78 Å². The van der Waals surface area contributed by atoms with Gasteiger partial charge in [0.2, 0.25) is 0 Å². The van der Waals surface area contributed by atoms with Crippen LogP contribution in [0.3, 0.4) is 0 Å². The van der Waals surface area contributed by atoms with Crippen molar-refractivity contribution in [2.75, 3.05) is 53.2 Å². The van der Waals surface area contributed by atoms with E-state index in [0.717, 1.165) is 51.3 Å². The first-order chi connectivity index (χ1) is 19.8. The second-order valence-corrected chi connectivity index (χ2v) is 14.6. The highest BCUT2D eigenvalue weighted by Crippen LogP contribution is 2.60. The number of ketones is 1. The van der Waals surface area contributed by atoms with E-state index in [1.165, 1.54) is 37.7 Å². The Balaban J connectivity index is 1.13. The molecule has 2 aliphatic heterocycles. The Morgan fingerprint density at radius 2 is 1.78 bits per heavy atom. The van der Waals surface area contributed by atoms with E-state index in [2.05, 4.69) is 32.6 Å². The quantitative estimate of drug-likeness (QED) is 0.251. The fraction of sp³-hybridized carbons (Fsp3) is 0.857. The molecule has 2 heterocycles. The van der Waals surface area contributed by atoms with Crippen LogP contribution >= 0.6 is 0 Å². The number of allylic oxidation sites excluding steroid dienone is 3. The number of carbonyl (C=O) groups is 1. The molecule has 6 rings (SSSR count). The largest absolute Gasteiger partial charge is 0.382 e. The second-order valence-electron chi connectivity index (χ2n) is 14.6. The van der Waals surface area contributed by atoms with Crippen molar-refractivity contribution in [3.05, 3.63) is 22.3 Å². The Hall–Kier alpha value is -1.05. The smallest absolute Gasteiger partial charge is 0.137 e. The Bertz CT molecular complexity index is 1040. The summed E-state index contributed by atoms with van der Waals surface area (Å²) in [5, 5.41) is 0. The molecule has 0 aromatic heterocycles. The Morgan fingerprint density at radius 1 is 1.00 bits per heavy atom. The molecular formula is C35H55NO5. The van der Waals surface area contributed by atoms with Crippen molar-refractivity contribution in [2.24, 2.45) is 35.5 Å². The van der Waals surface area contributed by atoms with Crippen LogP contribution in [0.2, 0.25) is 0 Å². The highest BCUT2D eigenvalue weighted by Gasteiger charge is 2.58. The zero-order valence-electron chi connectivity index (χ0n) is 26.4. The van der Waals surface area contributed by atoms with Crippen LogP contribution in [0.1, 0.15) is 85.5 Å². The van der Waals surface area contributed by atoms with Gasteiger partial charge in [-0.1, -0.05) is 43.1 Å². The van der Waals surface area contributed by atoms with Crippen molar-refractivity contribution in [3.63, 3.8) is 0 Å². The third kappa shape index (κ3) is 5.78. The molecule has 0 radical (unpaired) electrons. The number of nitrogens with zero attached hydrogens (tertiary/aromatic N) is 1. The number of piperidine rings is 1. The van der Waals surface area contributed by atoms with Crippen LogP contribution in [0.15, 0.2) is 22.3 Å². The zero-order chi connectivity index (χ0) is 28.7. The van der Waals surface area contributed by atoms with Crippen LogP contribution in [-0.4, -0.2) is 81.7 Å². The first-order valence-corrected chi connectivity index (χ1v) is 16.8. The van der Waals surface area contributed by atoms with Gasteiger partial charge < -0.3 is 18.9 Å². The summed E-state index contributed by atoms with van der Waals surface area (Å²) in [5.74, 6) is 4.27. The summed E-state index contributed by atoms with van der Waals surface area (Å²) in [6, 6.07) is 0.485. The van der Waals surface area contributed by atoms with Gasteiger partial charge in [-0.3, -0.25) is 9.69 Å². The minimum atomic E-state index is -0.0335. The van der Waals surface area contributed by atoms with Crippen molar-refractivity contribution in [1.29, 1.82) is 0 Å². The van der Waals surface area contributed by atoms with Crippen molar-refractivity contribution in [3.8, 4) is 0 Å².